The van der Waals surface area contributed by atoms with E-state index < -0.39 is 0 Å². The van der Waals surface area contributed by atoms with E-state index in [1.807, 2.05) is 18.5 Å². The summed E-state index contributed by atoms with van der Waals surface area (Å²) >= 11 is 0. The van der Waals surface area contributed by atoms with Crippen molar-refractivity contribution in [2.45, 2.75) is 38.9 Å². The SMILES string of the molecule is CCC1CNC(C)CN1Cc1ncccn1. The van der Waals surface area contributed by atoms with Gasteiger partial charge in [0.2, 0.25) is 0 Å². The predicted octanol–water partition coefficient (Wildman–Crippen LogP) is 1.05. The van der Waals surface area contributed by atoms with Crippen molar-refractivity contribution in [3.8, 4) is 0 Å². The van der Waals surface area contributed by atoms with Gasteiger partial charge in [-0.2, -0.15) is 0 Å². The van der Waals surface area contributed by atoms with Gasteiger partial charge in [0.1, 0.15) is 5.82 Å². The summed E-state index contributed by atoms with van der Waals surface area (Å²) in [5, 5.41) is 3.52. The Hall–Kier alpha value is -1.00. The Morgan fingerprint density at radius 3 is 2.88 bits per heavy atom. The van der Waals surface area contributed by atoms with Crippen molar-refractivity contribution in [2.75, 3.05) is 13.1 Å². The third kappa shape index (κ3) is 2.77. The summed E-state index contributed by atoms with van der Waals surface area (Å²) < 4.78 is 0. The van der Waals surface area contributed by atoms with Crippen molar-refractivity contribution in [1.82, 2.24) is 20.2 Å². The molecule has 0 amide bonds. The molecule has 1 aliphatic rings. The monoisotopic (exact) mass is 220 g/mol. The first-order valence-corrected chi connectivity index (χ1v) is 6.03. The van der Waals surface area contributed by atoms with Crippen LogP contribution in [-0.2, 0) is 6.54 Å². The molecule has 0 radical (unpaired) electrons. The van der Waals surface area contributed by atoms with E-state index in [0.29, 0.717) is 12.1 Å². The van der Waals surface area contributed by atoms with Crippen LogP contribution in [0.4, 0.5) is 0 Å². The van der Waals surface area contributed by atoms with Crippen molar-refractivity contribution in [1.29, 1.82) is 0 Å². The van der Waals surface area contributed by atoms with Crippen molar-refractivity contribution < 1.29 is 0 Å². The molecular weight excluding hydrogens is 200 g/mol. The Bertz CT molecular complexity index is 314. The lowest BCUT2D eigenvalue weighted by Crippen LogP contribution is -2.54. The Morgan fingerprint density at radius 2 is 2.19 bits per heavy atom. The lowest BCUT2D eigenvalue weighted by Gasteiger charge is -2.38. The van der Waals surface area contributed by atoms with Crippen molar-refractivity contribution in [2.24, 2.45) is 0 Å². The van der Waals surface area contributed by atoms with E-state index in [-0.39, 0.29) is 0 Å². The van der Waals surface area contributed by atoms with Gasteiger partial charge in [-0.1, -0.05) is 6.92 Å². The van der Waals surface area contributed by atoms with E-state index in [1.54, 1.807) is 0 Å². The molecule has 16 heavy (non-hydrogen) atoms. The van der Waals surface area contributed by atoms with E-state index >= 15 is 0 Å². The minimum atomic E-state index is 0.562. The molecule has 4 heteroatoms. The molecule has 2 rings (SSSR count). The van der Waals surface area contributed by atoms with Gasteiger partial charge in [0, 0.05) is 37.6 Å². The molecule has 2 unspecified atom stereocenters. The van der Waals surface area contributed by atoms with Gasteiger partial charge in [-0.3, -0.25) is 4.90 Å². The van der Waals surface area contributed by atoms with E-state index in [9.17, 15) is 0 Å². The molecule has 0 bridgehead atoms. The van der Waals surface area contributed by atoms with Crippen molar-refractivity contribution in [3.05, 3.63) is 24.3 Å². The van der Waals surface area contributed by atoms with Gasteiger partial charge in [-0.15, -0.1) is 0 Å². The van der Waals surface area contributed by atoms with E-state index in [4.69, 9.17) is 0 Å². The summed E-state index contributed by atoms with van der Waals surface area (Å²) in [5.74, 6) is 0.926. The third-order valence-electron chi connectivity index (χ3n) is 3.16. The van der Waals surface area contributed by atoms with E-state index in [1.165, 1.54) is 6.42 Å². The summed E-state index contributed by atoms with van der Waals surface area (Å²) in [6.45, 7) is 7.48. The second-order valence-electron chi connectivity index (χ2n) is 4.47. The Kier molecular flexibility index (Phi) is 3.85. The smallest absolute Gasteiger partial charge is 0.142 e. The van der Waals surface area contributed by atoms with Crippen LogP contribution in [0.25, 0.3) is 0 Å². The van der Waals surface area contributed by atoms with Crippen LogP contribution < -0.4 is 5.32 Å². The molecule has 1 aromatic heterocycles. The molecule has 0 saturated carbocycles. The quantitative estimate of drug-likeness (QED) is 0.826. The Labute approximate surface area is 97.1 Å². The predicted molar refractivity (Wildman–Crippen MR) is 64.0 cm³/mol. The fraction of sp³-hybridized carbons (Fsp3) is 0.667. The van der Waals surface area contributed by atoms with Crippen LogP contribution in [0.5, 0.6) is 0 Å². The summed E-state index contributed by atoms with van der Waals surface area (Å²) in [5.41, 5.74) is 0. The highest BCUT2D eigenvalue weighted by molar-refractivity contribution is 4.92. The zero-order valence-electron chi connectivity index (χ0n) is 10.1. The highest BCUT2D eigenvalue weighted by Gasteiger charge is 2.24. The molecule has 0 aliphatic carbocycles. The Balaban J connectivity index is 2.01. The van der Waals surface area contributed by atoms with Gasteiger partial charge >= 0.3 is 0 Å². The minimum Gasteiger partial charge on any atom is -0.311 e. The average Bonchev–Trinajstić information content (AvgIpc) is 2.31. The lowest BCUT2D eigenvalue weighted by atomic mass is 10.1. The molecule has 4 nitrogen and oxygen atoms in total. The van der Waals surface area contributed by atoms with Gasteiger partial charge < -0.3 is 5.32 Å². The zero-order chi connectivity index (χ0) is 11.4. The fourth-order valence-electron chi connectivity index (χ4n) is 2.22. The van der Waals surface area contributed by atoms with Crippen molar-refractivity contribution >= 4 is 0 Å². The van der Waals surface area contributed by atoms with Gasteiger partial charge in [0.15, 0.2) is 0 Å². The van der Waals surface area contributed by atoms with Crippen LogP contribution >= 0.6 is 0 Å². The zero-order valence-corrected chi connectivity index (χ0v) is 10.1. The molecule has 1 aromatic rings. The number of piperazine rings is 1. The third-order valence-corrected chi connectivity index (χ3v) is 3.16. The number of hydrogen-bond donors (Lipinski definition) is 1. The highest BCUT2D eigenvalue weighted by atomic mass is 15.2. The molecule has 1 fully saturated rings. The molecule has 0 aromatic carbocycles. The molecule has 0 spiro atoms. The number of hydrogen-bond acceptors (Lipinski definition) is 4. The first kappa shape index (κ1) is 11.5. The number of rotatable bonds is 3. The topological polar surface area (TPSA) is 41.0 Å². The maximum Gasteiger partial charge on any atom is 0.142 e. The number of nitrogens with zero attached hydrogens (tertiary/aromatic N) is 3. The van der Waals surface area contributed by atoms with E-state index in [2.05, 4.69) is 34.0 Å². The first-order valence-electron chi connectivity index (χ1n) is 6.03. The van der Waals surface area contributed by atoms with Crippen LogP contribution in [-0.4, -0.2) is 40.0 Å². The molecule has 88 valence electrons. The molecule has 2 heterocycles. The van der Waals surface area contributed by atoms with Gasteiger partial charge in [-0.25, -0.2) is 9.97 Å². The standard InChI is InChI=1S/C12H20N4/c1-3-11-7-15-10(2)8-16(11)9-12-13-5-4-6-14-12/h4-6,10-11,15H,3,7-9H2,1-2H3. The number of nitrogens with one attached hydrogen (secondary N) is 1. The van der Waals surface area contributed by atoms with Crippen LogP contribution in [0.2, 0.25) is 0 Å². The summed E-state index contributed by atoms with van der Waals surface area (Å²) in [7, 11) is 0. The fourth-order valence-corrected chi connectivity index (χ4v) is 2.22. The molecule has 1 N–H and O–H groups in total. The highest BCUT2D eigenvalue weighted by Crippen LogP contribution is 2.12. The largest absolute Gasteiger partial charge is 0.311 e. The molecule has 1 aliphatic heterocycles. The number of aromatic nitrogens is 2. The van der Waals surface area contributed by atoms with Gasteiger partial charge in [0.25, 0.3) is 0 Å². The maximum absolute atomic E-state index is 4.29. The second kappa shape index (κ2) is 5.37. The molecule has 1 saturated heterocycles. The van der Waals surface area contributed by atoms with Crippen LogP contribution in [0, 0.1) is 0 Å². The van der Waals surface area contributed by atoms with Crippen LogP contribution in [0.15, 0.2) is 18.5 Å². The van der Waals surface area contributed by atoms with Gasteiger partial charge in [0.05, 0.1) is 6.54 Å². The summed E-state index contributed by atoms with van der Waals surface area (Å²) in [4.78, 5) is 11.1. The average molecular weight is 220 g/mol. The second-order valence-corrected chi connectivity index (χ2v) is 4.47. The lowest BCUT2D eigenvalue weighted by molar-refractivity contribution is 0.121. The summed E-state index contributed by atoms with van der Waals surface area (Å²) in [6, 6.07) is 3.03. The maximum atomic E-state index is 4.29. The normalized spacial score (nSPS) is 26.9. The van der Waals surface area contributed by atoms with Gasteiger partial charge in [-0.05, 0) is 19.4 Å². The molecular formula is C12H20N4. The molecule has 2 atom stereocenters. The van der Waals surface area contributed by atoms with Crippen molar-refractivity contribution in [3.63, 3.8) is 0 Å². The first-order chi connectivity index (χ1) is 7.79. The Morgan fingerprint density at radius 1 is 1.44 bits per heavy atom. The summed E-state index contributed by atoms with van der Waals surface area (Å²) in [6.07, 6.45) is 4.80. The minimum absolute atomic E-state index is 0.562. The van der Waals surface area contributed by atoms with Crippen LogP contribution in [0.1, 0.15) is 26.1 Å². The van der Waals surface area contributed by atoms with Crippen LogP contribution in [0.3, 0.4) is 0 Å². The van der Waals surface area contributed by atoms with E-state index in [0.717, 1.165) is 25.5 Å².